The lowest BCUT2D eigenvalue weighted by Crippen LogP contribution is -2.09. The van der Waals surface area contributed by atoms with E-state index in [0.29, 0.717) is 5.56 Å². The van der Waals surface area contributed by atoms with E-state index in [4.69, 9.17) is 5.10 Å². The molecule has 0 atom stereocenters. The number of halogens is 1. The molecule has 0 bridgehead atoms. The van der Waals surface area contributed by atoms with Crippen molar-refractivity contribution in [3.8, 4) is 22.3 Å². The van der Waals surface area contributed by atoms with E-state index in [-0.39, 0.29) is 11.7 Å². The van der Waals surface area contributed by atoms with Gasteiger partial charge in [0.05, 0.1) is 11.2 Å². The van der Waals surface area contributed by atoms with Crippen molar-refractivity contribution in [1.29, 1.82) is 0 Å². The molecular weight excluding hydrogens is 351 g/mol. The highest BCUT2D eigenvalue weighted by molar-refractivity contribution is 6.02. The summed E-state index contributed by atoms with van der Waals surface area (Å²) in [4.78, 5) is 12.2. The fraction of sp³-hybridized carbons (Fsp3) is 0.167. The summed E-state index contributed by atoms with van der Waals surface area (Å²) < 4.78 is 15.5. The van der Waals surface area contributed by atoms with Gasteiger partial charge in [-0.05, 0) is 42.2 Å². The van der Waals surface area contributed by atoms with Crippen LogP contribution in [0.1, 0.15) is 41.5 Å². The van der Waals surface area contributed by atoms with Crippen LogP contribution in [0.2, 0.25) is 0 Å². The molecule has 0 radical (unpaired) electrons. The van der Waals surface area contributed by atoms with E-state index in [1.807, 2.05) is 55.6 Å². The van der Waals surface area contributed by atoms with Gasteiger partial charge in [-0.15, -0.1) is 0 Å². The zero-order valence-electron chi connectivity index (χ0n) is 16.1. The fourth-order valence-electron chi connectivity index (χ4n) is 3.71. The lowest BCUT2D eigenvalue weighted by molar-refractivity contribution is 0.112. The van der Waals surface area contributed by atoms with Crippen molar-refractivity contribution >= 4 is 11.8 Å². The number of benzene rings is 2. The molecule has 2 heterocycles. The lowest BCUT2D eigenvalue weighted by atomic mass is 9.93. The van der Waals surface area contributed by atoms with Gasteiger partial charge in [-0.2, -0.15) is 5.10 Å². The standard InChI is InChI=1S/C24H21FN2O/c1-15(2)23-21(14-28)22(18-9-11-19(25)12-10-18)24-20(13-16(3)27(24)26-23)17-7-5-4-6-8-17/h4-15H,1-3H3. The largest absolute Gasteiger partial charge is 0.298 e. The third-order valence-electron chi connectivity index (χ3n) is 5.03. The number of nitrogens with zero attached hydrogens (tertiary/aromatic N) is 2. The SMILES string of the molecule is Cc1cc(-c2ccccc2)c2c(-c3ccc(F)cc3)c(C=O)c(C(C)C)nn12. The van der Waals surface area contributed by atoms with E-state index < -0.39 is 0 Å². The van der Waals surface area contributed by atoms with E-state index in [1.54, 1.807) is 12.1 Å². The molecule has 0 aliphatic rings. The number of hydrogen-bond donors (Lipinski definition) is 0. The molecule has 0 saturated heterocycles. The molecule has 3 nitrogen and oxygen atoms in total. The Labute approximate surface area is 163 Å². The number of fused-ring (bicyclic) bond motifs is 1. The Hall–Kier alpha value is -3.27. The molecule has 2 aromatic carbocycles. The van der Waals surface area contributed by atoms with Crippen LogP contribution in [0.15, 0.2) is 60.7 Å². The number of aromatic nitrogens is 2. The summed E-state index contributed by atoms with van der Waals surface area (Å²) in [5, 5.41) is 4.81. The van der Waals surface area contributed by atoms with Gasteiger partial charge >= 0.3 is 0 Å². The second kappa shape index (κ2) is 7.04. The predicted octanol–water partition coefficient (Wildman–Crippen LogP) is 6.05. The van der Waals surface area contributed by atoms with Gasteiger partial charge in [-0.1, -0.05) is 56.3 Å². The van der Waals surface area contributed by atoms with E-state index >= 15 is 0 Å². The zero-order valence-corrected chi connectivity index (χ0v) is 16.1. The molecule has 0 unspecified atom stereocenters. The average molecular weight is 372 g/mol. The number of carbonyl (C=O) groups excluding carboxylic acids is 1. The summed E-state index contributed by atoms with van der Waals surface area (Å²) in [5.74, 6) is -0.230. The van der Waals surface area contributed by atoms with Crippen LogP contribution in [-0.4, -0.2) is 15.9 Å². The Kier molecular flexibility index (Phi) is 4.55. The highest BCUT2D eigenvalue weighted by atomic mass is 19.1. The Morgan fingerprint density at radius 1 is 1.00 bits per heavy atom. The van der Waals surface area contributed by atoms with Crippen molar-refractivity contribution < 1.29 is 9.18 Å². The van der Waals surface area contributed by atoms with Crippen LogP contribution in [0, 0.1) is 12.7 Å². The molecule has 0 aliphatic carbocycles. The van der Waals surface area contributed by atoms with Gasteiger partial charge in [0.1, 0.15) is 5.82 Å². The molecule has 4 heteroatoms. The van der Waals surface area contributed by atoms with Gasteiger partial charge in [0.25, 0.3) is 0 Å². The Bertz CT molecular complexity index is 1160. The molecule has 0 spiro atoms. The minimum atomic E-state index is -0.305. The number of hydrogen-bond acceptors (Lipinski definition) is 2. The van der Waals surface area contributed by atoms with Crippen LogP contribution in [0.3, 0.4) is 0 Å². The smallest absolute Gasteiger partial charge is 0.152 e. The first-order valence-electron chi connectivity index (χ1n) is 9.34. The molecule has 0 saturated carbocycles. The lowest BCUT2D eigenvalue weighted by Gasteiger charge is -2.16. The minimum Gasteiger partial charge on any atom is -0.298 e. The van der Waals surface area contributed by atoms with Gasteiger partial charge in [0.15, 0.2) is 6.29 Å². The second-order valence-electron chi connectivity index (χ2n) is 7.28. The molecule has 140 valence electrons. The molecule has 2 aromatic heterocycles. The number of carbonyl (C=O) groups is 1. The molecule has 0 amide bonds. The van der Waals surface area contributed by atoms with Crippen molar-refractivity contribution in [1.82, 2.24) is 9.61 Å². The van der Waals surface area contributed by atoms with Gasteiger partial charge in [0, 0.05) is 22.4 Å². The summed E-state index contributed by atoms with van der Waals surface area (Å²) in [6, 6.07) is 18.4. The van der Waals surface area contributed by atoms with E-state index in [1.165, 1.54) is 12.1 Å². The summed E-state index contributed by atoms with van der Waals surface area (Å²) in [7, 11) is 0. The van der Waals surface area contributed by atoms with Crippen LogP contribution < -0.4 is 0 Å². The van der Waals surface area contributed by atoms with Gasteiger partial charge in [-0.3, -0.25) is 4.79 Å². The van der Waals surface area contributed by atoms with Gasteiger partial charge in [-0.25, -0.2) is 8.91 Å². The maximum Gasteiger partial charge on any atom is 0.152 e. The Morgan fingerprint density at radius 2 is 1.68 bits per heavy atom. The van der Waals surface area contributed by atoms with Crippen molar-refractivity contribution in [3.05, 3.63) is 83.4 Å². The van der Waals surface area contributed by atoms with E-state index in [0.717, 1.165) is 45.4 Å². The highest BCUT2D eigenvalue weighted by Crippen LogP contribution is 2.38. The van der Waals surface area contributed by atoms with E-state index in [2.05, 4.69) is 6.07 Å². The maximum atomic E-state index is 13.6. The topological polar surface area (TPSA) is 34.4 Å². The summed E-state index contributed by atoms with van der Waals surface area (Å²) in [6.07, 6.45) is 0.873. The highest BCUT2D eigenvalue weighted by Gasteiger charge is 2.22. The van der Waals surface area contributed by atoms with Gasteiger partial charge < -0.3 is 0 Å². The number of aryl methyl sites for hydroxylation is 1. The molecule has 0 N–H and O–H groups in total. The fourth-order valence-corrected chi connectivity index (χ4v) is 3.71. The van der Waals surface area contributed by atoms with Crippen LogP contribution >= 0.6 is 0 Å². The molecule has 4 rings (SSSR count). The first kappa shape index (κ1) is 18.1. The van der Waals surface area contributed by atoms with Crippen LogP contribution in [0.25, 0.3) is 27.8 Å². The van der Waals surface area contributed by atoms with Crippen molar-refractivity contribution in [2.24, 2.45) is 0 Å². The zero-order chi connectivity index (χ0) is 19.8. The van der Waals surface area contributed by atoms with Crippen LogP contribution in [0.5, 0.6) is 0 Å². The number of aldehydes is 1. The monoisotopic (exact) mass is 372 g/mol. The minimum absolute atomic E-state index is 0.0748. The molecule has 4 aromatic rings. The normalized spacial score (nSPS) is 11.3. The molecule has 0 fully saturated rings. The van der Waals surface area contributed by atoms with Crippen LogP contribution in [0.4, 0.5) is 4.39 Å². The third kappa shape index (κ3) is 2.91. The number of rotatable bonds is 4. The van der Waals surface area contributed by atoms with Crippen molar-refractivity contribution in [2.45, 2.75) is 26.7 Å². The maximum absolute atomic E-state index is 13.6. The quantitative estimate of drug-likeness (QED) is 0.409. The molecule has 0 aliphatic heterocycles. The predicted molar refractivity (Wildman–Crippen MR) is 110 cm³/mol. The van der Waals surface area contributed by atoms with Crippen molar-refractivity contribution in [2.75, 3.05) is 0 Å². The first-order valence-corrected chi connectivity index (χ1v) is 9.34. The molecular formula is C24H21FN2O. The van der Waals surface area contributed by atoms with E-state index in [9.17, 15) is 9.18 Å². The molecule has 28 heavy (non-hydrogen) atoms. The Morgan fingerprint density at radius 3 is 2.29 bits per heavy atom. The van der Waals surface area contributed by atoms with Crippen molar-refractivity contribution in [3.63, 3.8) is 0 Å². The van der Waals surface area contributed by atoms with Gasteiger partial charge in [0.2, 0.25) is 0 Å². The summed E-state index contributed by atoms with van der Waals surface area (Å²) in [5.41, 5.74) is 6.78. The van der Waals surface area contributed by atoms with Crippen LogP contribution in [-0.2, 0) is 0 Å². The average Bonchev–Trinajstić information content (AvgIpc) is 3.04. The summed E-state index contributed by atoms with van der Waals surface area (Å²) >= 11 is 0. The second-order valence-corrected chi connectivity index (χ2v) is 7.28. The Balaban J connectivity index is 2.19. The summed E-state index contributed by atoms with van der Waals surface area (Å²) in [6.45, 7) is 6.05. The third-order valence-corrected chi connectivity index (χ3v) is 5.03. The first-order chi connectivity index (χ1) is 13.5.